The molecule has 0 aliphatic rings. The molecule has 1 aromatic rings. The number of carbonyl (C=O) groups is 1. The molecule has 0 spiro atoms. The molecule has 0 heterocycles. The fraction of sp³-hybridized carbons (Fsp3) is 0.562. The molecule has 1 atom stereocenters. The quantitative estimate of drug-likeness (QED) is 0.458. The summed E-state index contributed by atoms with van der Waals surface area (Å²) in [5.41, 5.74) is 0.853. The van der Waals surface area contributed by atoms with Gasteiger partial charge in [-0.1, -0.05) is 62.7 Å². The van der Waals surface area contributed by atoms with E-state index < -0.39 is 5.97 Å². The van der Waals surface area contributed by atoms with E-state index in [1.165, 1.54) is 19.8 Å². The van der Waals surface area contributed by atoms with Gasteiger partial charge in [-0.3, -0.25) is 9.78 Å². The lowest BCUT2D eigenvalue weighted by Crippen LogP contribution is -2.07. The van der Waals surface area contributed by atoms with E-state index in [0.29, 0.717) is 21.7 Å². The van der Waals surface area contributed by atoms with Gasteiger partial charge in [0.15, 0.2) is 5.75 Å². The van der Waals surface area contributed by atoms with Gasteiger partial charge in [-0.15, -0.1) is 0 Å². The summed E-state index contributed by atoms with van der Waals surface area (Å²) >= 11 is 12.6. The Balaban J connectivity index is 2.89. The highest BCUT2D eigenvalue weighted by Crippen LogP contribution is 2.36. The molecular formula is C16H22Cl2O3. The Morgan fingerprint density at radius 1 is 1.29 bits per heavy atom. The van der Waals surface area contributed by atoms with Gasteiger partial charge < -0.3 is 0 Å². The van der Waals surface area contributed by atoms with Crippen LogP contribution < -0.4 is 4.89 Å². The summed E-state index contributed by atoms with van der Waals surface area (Å²) in [7, 11) is 0. The zero-order valence-corrected chi connectivity index (χ0v) is 14.3. The Bertz CT molecular complexity index is 475. The van der Waals surface area contributed by atoms with Crippen LogP contribution in [0.15, 0.2) is 12.1 Å². The van der Waals surface area contributed by atoms with E-state index in [9.17, 15) is 4.79 Å². The van der Waals surface area contributed by atoms with Crippen molar-refractivity contribution in [2.75, 3.05) is 0 Å². The third-order valence-electron chi connectivity index (χ3n) is 3.44. The van der Waals surface area contributed by atoms with Gasteiger partial charge in [0.05, 0.1) is 5.02 Å². The molecule has 3 nitrogen and oxygen atoms in total. The van der Waals surface area contributed by atoms with Crippen molar-refractivity contribution in [2.24, 2.45) is 5.92 Å². The fourth-order valence-electron chi connectivity index (χ4n) is 2.16. The molecule has 0 saturated heterocycles. The van der Waals surface area contributed by atoms with Gasteiger partial charge in [0, 0.05) is 11.9 Å². The van der Waals surface area contributed by atoms with Crippen LogP contribution in [-0.2, 0) is 16.1 Å². The Hall–Kier alpha value is -0.930. The van der Waals surface area contributed by atoms with Crippen molar-refractivity contribution in [1.29, 1.82) is 0 Å². The maximum atomic E-state index is 10.8. The Kier molecular flexibility index (Phi) is 7.91. The maximum Gasteiger partial charge on any atom is 0.352 e. The molecule has 0 aliphatic heterocycles. The minimum absolute atomic E-state index is 0.316. The molecule has 0 aromatic heterocycles. The van der Waals surface area contributed by atoms with Crippen molar-refractivity contribution in [2.45, 2.75) is 52.9 Å². The van der Waals surface area contributed by atoms with Gasteiger partial charge in [-0.2, -0.15) is 0 Å². The molecule has 1 rings (SSSR count). The normalized spacial score (nSPS) is 12.0. The molecule has 0 saturated carbocycles. The topological polar surface area (TPSA) is 35.5 Å². The van der Waals surface area contributed by atoms with E-state index in [1.54, 1.807) is 12.1 Å². The number of benzene rings is 1. The summed E-state index contributed by atoms with van der Waals surface area (Å²) in [5, 5.41) is 1.03. The largest absolute Gasteiger partial charge is 0.352 e. The maximum absolute atomic E-state index is 10.8. The molecule has 0 aliphatic carbocycles. The van der Waals surface area contributed by atoms with Crippen molar-refractivity contribution in [3.05, 3.63) is 27.7 Å². The van der Waals surface area contributed by atoms with Crippen molar-refractivity contribution in [1.82, 2.24) is 0 Å². The molecule has 0 fully saturated rings. The summed E-state index contributed by atoms with van der Waals surface area (Å²) < 4.78 is 0. The van der Waals surface area contributed by atoms with Crippen LogP contribution in [0.4, 0.5) is 0 Å². The molecule has 1 unspecified atom stereocenters. The van der Waals surface area contributed by atoms with Crippen molar-refractivity contribution in [3.63, 3.8) is 0 Å². The summed E-state index contributed by atoms with van der Waals surface area (Å²) in [6, 6.07) is 3.32. The second kappa shape index (κ2) is 9.16. The van der Waals surface area contributed by atoms with E-state index in [2.05, 4.69) is 18.7 Å². The van der Waals surface area contributed by atoms with Crippen LogP contribution in [0.3, 0.4) is 0 Å². The number of carbonyl (C=O) groups excluding carboxylic acids is 1. The summed E-state index contributed by atoms with van der Waals surface area (Å²) in [6.07, 6.45) is 5.38. The molecule has 0 amide bonds. The first-order chi connectivity index (χ1) is 9.99. The van der Waals surface area contributed by atoms with Crippen LogP contribution in [0.25, 0.3) is 0 Å². The molecule has 0 N–H and O–H groups in total. The number of hydrogen-bond acceptors (Lipinski definition) is 3. The number of rotatable bonds is 8. The highest BCUT2D eigenvalue weighted by Gasteiger charge is 2.17. The highest BCUT2D eigenvalue weighted by atomic mass is 35.5. The Morgan fingerprint density at radius 2 is 2.00 bits per heavy atom. The monoisotopic (exact) mass is 332 g/mol. The van der Waals surface area contributed by atoms with Gasteiger partial charge >= 0.3 is 5.97 Å². The van der Waals surface area contributed by atoms with E-state index in [0.717, 1.165) is 24.8 Å². The number of halogens is 2. The molecule has 0 radical (unpaired) electrons. The average Bonchev–Trinajstić information content (AvgIpc) is 2.45. The highest BCUT2D eigenvalue weighted by molar-refractivity contribution is 6.36. The zero-order valence-electron chi connectivity index (χ0n) is 12.7. The van der Waals surface area contributed by atoms with Crippen molar-refractivity contribution < 1.29 is 14.6 Å². The van der Waals surface area contributed by atoms with Crippen molar-refractivity contribution in [3.8, 4) is 5.75 Å². The van der Waals surface area contributed by atoms with Crippen LogP contribution >= 0.6 is 23.2 Å². The molecule has 118 valence electrons. The van der Waals surface area contributed by atoms with Gasteiger partial charge in [0.25, 0.3) is 0 Å². The van der Waals surface area contributed by atoms with Crippen LogP contribution in [-0.4, -0.2) is 5.97 Å². The van der Waals surface area contributed by atoms with Crippen LogP contribution in [0.2, 0.25) is 10.0 Å². The molecule has 0 bridgehead atoms. The van der Waals surface area contributed by atoms with Crippen molar-refractivity contribution >= 4 is 29.2 Å². The second-order valence-electron chi connectivity index (χ2n) is 5.12. The summed E-state index contributed by atoms with van der Waals surface area (Å²) in [4.78, 5) is 20.3. The molecule has 1 aromatic carbocycles. The predicted molar refractivity (Wildman–Crippen MR) is 85.9 cm³/mol. The van der Waals surface area contributed by atoms with E-state index in [-0.39, 0.29) is 0 Å². The minimum atomic E-state index is -0.531. The standard InChI is InChI=1S/C16H22Cl2O3/c1-4-6-7-12(5-2)10-13-14(17)8-9-15(16(13)18)21-20-11(3)19/h8-9,12H,4-7,10H2,1-3H3. The summed E-state index contributed by atoms with van der Waals surface area (Å²) in [5.74, 6) is 0.317. The van der Waals surface area contributed by atoms with E-state index in [4.69, 9.17) is 28.1 Å². The van der Waals surface area contributed by atoms with Crippen LogP contribution in [0.5, 0.6) is 5.75 Å². The van der Waals surface area contributed by atoms with Crippen LogP contribution in [0, 0.1) is 5.92 Å². The predicted octanol–water partition coefficient (Wildman–Crippen LogP) is 5.61. The average molecular weight is 333 g/mol. The third kappa shape index (κ3) is 5.76. The first-order valence-corrected chi connectivity index (χ1v) is 8.07. The van der Waals surface area contributed by atoms with E-state index >= 15 is 0 Å². The number of unbranched alkanes of at least 4 members (excludes halogenated alkanes) is 1. The van der Waals surface area contributed by atoms with Gasteiger partial charge in [-0.05, 0) is 30.0 Å². The molecule has 5 heteroatoms. The third-order valence-corrected chi connectivity index (χ3v) is 4.20. The Labute approximate surface area is 136 Å². The lowest BCUT2D eigenvalue weighted by molar-refractivity contribution is -0.210. The fourth-order valence-corrected chi connectivity index (χ4v) is 2.72. The van der Waals surface area contributed by atoms with E-state index in [1.807, 2.05) is 0 Å². The summed E-state index contributed by atoms with van der Waals surface area (Å²) in [6.45, 7) is 5.62. The lowest BCUT2D eigenvalue weighted by atomic mass is 9.92. The first-order valence-electron chi connectivity index (χ1n) is 7.31. The molecule has 21 heavy (non-hydrogen) atoms. The van der Waals surface area contributed by atoms with Gasteiger partial charge in [0.2, 0.25) is 0 Å². The van der Waals surface area contributed by atoms with Gasteiger partial charge in [0.1, 0.15) is 0 Å². The number of hydrogen-bond donors (Lipinski definition) is 0. The Morgan fingerprint density at radius 3 is 2.57 bits per heavy atom. The SMILES string of the molecule is CCCCC(CC)Cc1c(Cl)ccc(OOC(C)=O)c1Cl. The van der Waals surface area contributed by atoms with Crippen LogP contribution in [0.1, 0.15) is 52.0 Å². The van der Waals surface area contributed by atoms with Gasteiger partial charge in [-0.25, -0.2) is 4.79 Å². The first kappa shape index (κ1) is 18.1. The molecular weight excluding hydrogens is 311 g/mol. The second-order valence-corrected chi connectivity index (χ2v) is 5.90. The smallest absolute Gasteiger partial charge is 0.285 e. The minimum Gasteiger partial charge on any atom is -0.285 e. The zero-order chi connectivity index (χ0) is 15.8. The lowest BCUT2D eigenvalue weighted by Gasteiger charge is -2.17.